The average Bonchev–Trinajstić information content (AvgIpc) is 3.23. The summed E-state index contributed by atoms with van der Waals surface area (Å²) in [6.07, 6.45) is 2.77. The molecule has 158 valence electrons. The summed E-state index contributed by atoms with van der Waals surface area (Å²) in [5.41, 5.74) is 5.70. The molecule has 0 unspecified atom stereocenters. The maximum Gasteiger partial charge on any atom is 0.335 e. The van der Waals surface area contributed by atoms with Crippen LogP contribution in [0.2, 0.25) is 0 Å². The number of rotatable bonds is 7. The van der Waals surface area contributed by atoms with Gasteiger partial charge in [-0.25, -0.2) is 4.79 Å². The number of carboxylic acids is 1. The number of methoxy groups -OCH3 is 1. The molecule has 0 saturated heterocycles. The molecule has 0 aromatic heterocycles. The highest BCUT2D eigenvalue weighted by Crippen LogP contribution is 2.33. The van der Waals surface area contributed by atoms with Gasteiger partial charge in [-0.2, -0.15) is 0 Å². The maximum atomic E-state index is 13.1. The van der Waals surface area contributed by atoms with Crippen LogP contribution in [0.3, 0.4) is 0 Å². The summed E-state index contributed by atoms with van der Waals surface area (Å²) in [4.78, 5) is 26.1. The smallest absolute Gasteiger partial charge is 0.335 e. The predicted molar refractivity (Wildman–Crippen MR) is 120 cm³/mol. The van der Waals surface area contributed by atoms with Crippen molar-refractivity contribution in [2.75, 3.05) is 18.6 Å². The third kappa shape index (κ3) is 4.61. The van der Waals surface area contributed by atoms with E-state index in [2.05, 4.69) is 18.2 Å². The van der Waals surface area contributed by atoms with E-state index in [1.807, 2.05) is 41.3 Å². The van der Waals surface area contributed by atoms with E-state index in [4.69, 9.17) is 9.84 Å². The van der Waals surface area contributed by atoms with E-state index in [1.165, 1.54) is 5.56 Å². The van der Waals surface area contributed by atoms with Gasteiger partial charge >= 0.3 is 5.97 Å². The zero-order valence-electron chi connectivity index (χ0n) is 17.5. The second-order valence-corrected chi connectivity index (χ2v) is 7.75. The van der Waals surface area contributed by atoms with Gasteiger partial charge in [0.2, 0.25) is 5.91 Å². The number of hydrogen-bond donors (Lipinski definition) is 1. The Hall–Kier alpha value is -3.60. The van der Waals surface area contributed by atoms with Crippen LogP contribution in [0.1, 0.15) is 32.6 Å². The van der Waals surface area contributed by atoms with Crippen molar-refractivity contribution in [3.8, 4) is 5.75 Å². The number of aryl methyl sites for hydroxylation is 2. The van der Waals surface area contributed by atoms with E-state index in [0.29, 0.717) is 18.5 Å². The lowest BCUT2D eigenvalue weighted by molar-refractivity contribution is -0.117. The molecule has 0 spiro atoms. The summed E-state index contributed by atoms with van der Waals surface area (Å²) in [6, 6.07) is 20.9. The fraction of sp³-hybridized carbons (Fsp3) is 0.231. The number of para-hydroxylation sites is 1. The highest BCUT2D eigenvalue weighted by atomic mass is 16.5. The first-order valence-electron chi connectivity index (χ1n) is 10.4. The minimum absolute atomic E-state index is 0.0882. The Kier molecular flexibility index (Phi) is 6.03. The molecular weight excluding hydrogens is 390 g/mol. The molecule has 31 heavy (non-hydrogen) atoms. The Morgan fingerprint density at radius 3 is 2.48 bits per heavy atom. The first kappa shape index (κ1) is 20.7. The molecule has 0 fully saturated rings. The lowest BCUT2D eigenvalue weighted by Gasteiger charge is -2.21. The summed E-state index contributed by atoms with van der Waals surface area (Å²) in [5, 5.41) is 9.06. The van der Waals surface area contributed by atoms with Gasteiger partial charge in [0.05, 0.1) is 24.8 Å². The molecule has 5 heteroatoms. The molecule has 0 radical (unpaired) electrons. The van der Waals surface area contributed by atoms with Crippen molar-refractivity contribution >= 4 is 17.6 Å². The van der Waals surface area contributed by atoms with Gasteiger partial charge in [-0.05, 0) is 65.8 Å². The summed E-state index contributed by atoms with van der Waals surface area (Å²) in [7, 11) is 1.62. The van der Waals surface area contributed by atoms with Gasteiger partial charge in [0.15, 0.2) is 0 Å². The van der Waals surface area contributed by atoms with Crippen LogP contribution >= 0.6 is 0 Å². The number of ether oxygens (including phenoxy) is 1. The van der Waals surface area contributed by atoms with E-state index in [9.17, 15) is 9.59 Å². The molecule has 1 aliphatic rings. The number of amides is 1. The first-order valence-corrected chi connectivity index (χ1v) is 10.4. The molecule has 0 aliphatic carbocycles. The van der Waals surface area contributed by atoms with E-state index < -0.39 is 5.97 Å². The number of anilines is 1. The quantitative estimate of drug-likeness (QED) is 0.624. The van der Waals surface area contributed by atoms with E-state index >= 15 is 0 Å². The SMILES string of the molecule is COc1cccc(CC(=O)N2CCc3cccc(CCc4ccc(C(=O)O)cc4)c32)c1. The van der Waals surface area contributed by atoms with Crippen molar-refractivity contribution in [3.05, 3.63) is 94.5 Å². The molecule has 1 aliphatic heterocycles. The van der Waals surface area contributed by atoms with Crippen molar-refractivity contribution in [3.63, 3.8) is 0 Å². The van der Waals surface area contributed by atoms with Gasteiger partial charge < -0.3 is 14.7 Å². The van der Waals surface area contributed by atoms with Crippen LogP contribution in [0, 0.1) is 0 Å². The Labute approximate surface area is 181 Å². The van der Waals surface area contributed by atoms with Gasteiger partial charge in [0.25, 0.3) is 0 Å². The zero-order valence-corrected chi connectivity index (χ0v) is 17.5. The van der Waals surface area contributed by atoms with Crippen LogP contribution in [-0.4, -0.2) is 30.6 Å². The molecule has 5 nitrogen and oxygen atoms in total. The minimum Gasteiger partial charge on any atom is -0.497 e. The second kappa shape index (κ2) is 9.04. The van der Waals surface area contributed by atoms with Crippen LogP contribution in [0.4, 0.5) is 5.69 Å². The van der Waals surface area contributed by atoms with Crippen molar-refractivity contribution in [1.29, 1.82) is 0 Å². The van der Waals surface area contributed by atoms with Crippen molar-refractivity contribution < 1.29 is 19.4 Å². The second-order valence-electron chi connectivity index (χ2n) is 7.75. The molecule has 3 aromatic carbocycles. The van der Waals surface area contributed by atoms with Crippen molar-refractivity contribution in [2.24, 2.45) is 0 Å². The lowest BCUT2D eigenvalue weighted by Crippen LogP contribution is -2.31. The third-order valence-electron chi connectivity index (χ3n) is 5.75. The average molecular weight is 415 g/mol. The molecular formula is C26H25NO4. The number of carbonyl (C=O) groups is 2. The van der Waals surface area contributed by atoms with Gasteiger partial charge in [-0.15, -0.1) is 0 Å². The Bertz CT molecular complexity index is 1100. The van der Waals surface area contributed by atoms with Crippen LogP contribution in [0.5, 0.6) is 5.75 Å². The topological polar surface area (TPSA) is 66.8 Å². The number of carbonyl (C=O) groups excluding carboxylic acids is 1. The predicted octanol–water partition coefficient (Wildman–Crippen LogP) is 4.31. The highest BCUT2D eigenvalue weighted by molar-refractivity contribution is 5.97. The molecule has 4 rings (SSSR count). The fourth-order valence-corrected chi connectivity index (χ4v) is 4.13. The van der Waals surface area contributed by atoms with Crippen LogP contribution in [-0.2, 0) is 30.5 Å². The molecule has 0 atom stereocenters. The van der Waals surface area contributed by atoms with Crippen LogP contribution < -0.4 is 9.64 Å². The van der Waals surface area contributed by atoms with E-state index in [1.54, 1.807) is 19.2 Å². The molecule has 1 heterocycles. The van der Waals surface area contributed by atoms with Crippen molar-refractivity contribution in [1.82, 2.24) is 0 Å². The molecule has 3 aromatic rings. The number of hydrogen-bond acceptors (Lipinski definition) is 3. The molecule has 0 bridgehead atoms. The normalized spacial score (nSPS) is 12.5. The van der Waals surface area contributed by atoms with Gasteiger partial charge in [-0.3, -0.25) is 4.79 Å². The number of benzene rings is 3. The summed E-state index contributed by atoms with van der Waals surface area (Å²) < 4.78 is 5.27. The van der Waals surface area contributed by atoms with Gasteiger partial charge in [0, 0.05) is 6.54 Å². The summed E-state index contributed by atoms with van der Waals surface area (Å²) in [6.45, 7) is 0.697. The van der Waals surface area contributed by atoms with E-state index in [0.717, 1.165) is 47.4 Å². The monoisotopic (exact) mass is 415 g/mol. The largest absolute Gasteiger partial charge is 0.497 e. The van der Waals surface area contributed by atoms with Crippen LogP contribution in [0.25, 0.3) is 0 Å². The Balaban J connectivity index is 1.50. The minimum atomic E-state index is -0.919. The molecule has 1 N–H and O–H groups in total. The van der Waals surface area contributed by atoms with E-state index in [-0.39, 0.29) is 5.91 Å². The third-order valence-corrected chi connectivity index (χ3v) is 5.75. The standard InChI is InChI=1S/C26H25NO4/c1-31-23-7-2-4-19(16-23)17-24(28)27-15-14-21-6-3-5-20(25(21)27)11-8-18-9-12-22(13-10-18)26(29)30/h2-7,9-10,12-13,16H,8,11,14-15,17H2,1H3,(H,29,30). The number of nitrogens with zero attached hydrogens (tertiary/aromatic N) is 1. The van der Waals surface area contributed by atoms with Crippen LogP contribution in [0.15, 0.2) is 66.7 Å². The Morgan fingerprint density at radius 2 is 1.74 bits per heavy atom. The number of fused-ring (bicyclic) bond motifs is 1. The van der Waals surface area contributed by atoms with Gasteiger partial charge in [-0.1, -0.05) is 42.5 Å². The van der Waals surface area contributed by atoms with Crippen molar-refractivity contribution in [2.45, 2.75) is 25.7 Å². The molecule has 0 saturated carbocycles. The fourth-order valence-electron chi connectivity index (χ4n) is 4.13. The molecule has 1 amide bonds. The number of aromatic carboxylic acids is 1. The lowest BCUT2D eigenvalue weighted by atomic mass is 9.99. The highest BCUT2D eigenvalue weighted by Gasteiger charge is 2.27. The number of carboxylic acid groups (broad SMARTS) is 1. The Morgan fingerprint density at radius 1 is 0.968 bits per heavy atom. The van der Waals surface area contributed by atoms with Gasteiger partial charge in [0.1, 0.15) is 5.75 Å². The maximum absolute atomic E-state index is 13.1. The summed E-state index contributed by atoms with van der Waals surface area (Å²) >= 11 is 0. The first-order chi connectivity index (χ1) is 15.0. The summed E-state index contributed by atoms with van der Waals surface area (Å²) in [5.74, 6) is -0.0791. The zero-order chi connectivity index (χ0) is 21.8.